The Balaban J connectivity index is 1.67. The van der Waals surface area contributed by atoms with Crippen LogP contribution in [0.4, 0.5) is 0 Å². The maximum atomic E-state index is 13.6. The SMILES string of the molecule is CC(C)[C@H](NC(=O)[C@@H](N)Cc1cccnc1)C(=O)N[C@H](C(=O)N1CCC[C@H]1C(=O)N[C@@H](Cc1ccc(O)cc1)C(=O)O)[C@@H](C)O. The summed E-state index contributed by atoms with van der Waals surface area (Å²) in [6, 6.07) is 3.57. The summed E-state index contributed by atoms with van der Waals surface area (Å²) in [6.45, 7) is 4.88. The van der Waals surface area contributed by atoms with Gasteiger partial charge in [-0.3, -0.25) is 24.2 Å². The molecule has 1 aliphatic rings. The van der Waals surface area contributed by atoms with Crippen molar-refractivity contribution < 1.29 is 39.3 Å². The van der Waals surface area contributed by atoms with E-state index in [1.807, 2.05) is 0 Å². The Morgan fingerprint density at radius 3 is 2.20 bits per heavy atom. The predicted molar refractivity (Wildman–Crippen MR) is 162 cm³/mol. The molecular formula is C31H42N6O8. The number of likely N-dealkylation sites (tertiary alicyclic amines) is 1. The van der Waals surface area contributed by atoms with E-state index in [0.29, 0.717) is 12.0 Å². The number of aromatic nitrogens is 1. The standard InChI is InChI=1S/C31H42N6O8/c1-17(2)25(35-27(40)22(32)14-20-6-4-12-33-16-20)29(42)36-26(18(3)38)30(43)37-13-5-7-24(37)28(41)34-23(31(44)45)15-19-8-10-21(39)11-9-19/h4,6,8-12,16-18,22-26,38-39H,5,7,13-15,32H2,1-3H3,(H,34,41)(H,35,40)(H,36,42)(H,44,45)/t18-,22+,23+,24+,25+,26+/m1/s1. The third-order valence-corrected chi connectivity index (χ3v) is 7.64. The van der Waals surface area contributed by atoms with Crippen LogP contribution in [0.3, 0.4) is 0 Å². The van der Waals surface area contributed by atoms with Crippen LogP contribution >= 0.6 is 0 Å². The number of carbonyl (C=O) groups is 5. The Labute approximate surface area is 261 Å². The minimum absolute atomic E-state index is 0.0148. The number of rotatable bonds is 14. The summed E-state index contributed by atoms with van der Waals surface area (Å²) < 4.78 is 0. The first-order chi connectivity index (χ1) is 21.3. The molecule has 2 aromatic rings. The smallest absolute Gasteiger partial charge is 0.326 e. The van der Waals surface area contributed by atoms with E-state index >= 15 is 0 Å². The fourth-order valence-corrected chi connectivity index (χ4v) is 5.11. The molecule has 14 heteroatoms. The van der Waals surface area contributed by atoms with Gasteiger partial charge in [-0.2, -0.15) is 0 Å². The monoisotopic (exact) mass is 626 g/mol. The van der Waals surface area contributed by atoms with Gasteiger partial charge in [0.25, 0.3) is 0 Å². The van der Waals surface area contributed by atoms with E-state index < -0.39 is 71.8 Å². The lowest BCUT2D eigenvalue weighted by Crippen LogP contribution is -2.61. The van der Waals surface area contributed by atoms with E-state index in [1.165, 1.54) is 24.0 Å². The summed E-state index contributed by atoms with van der Waals surface area (Å²) in [5.41, 5.74) is 7.38. The molecule has 4 amide bonds. The molecule has 3 rings (SSSR count). The molecule has 1 aromatic carbocycles. The first-order valence-electron chi connectivity index (χ1n) is 14.8. The zero-order valence-corrected chi connectivity index (χ0v) is 25.6. The van der Waals surface area contributed by atoms with Crippen molar-refractivity contribution in [2.45, 2.75) is 82.8 Å². The summed E-state index contributed by atoms with van der Waals surface area (Å²) in [5.74, 6) is -4.36. The Morgan fingerprint density at radius 1 is 0.956 bits per heavy atom. The van der Waals surface area contributed by atoms with Gasteiger partial charge in [0.15, 0.2) is 0 Å². The number of nitrogens with one attached hydrogen (secondary N) is 3. The lowest BCUT2D eigenvalue weighted by atomic mass is 10.0. The zero-order valence-electron chi connectivity index (χ0n) is 25.6. The van der Waals surface area contributed by atoms with Crippen LogP contribution in [0.2, 0.25) is 0 Å². The number of carboxylic acids is 1. The quantitative estimate of drug-likeness (QED) is 0.142. The Bertz CT molecular complexity index is 1340. The summed E-state index contributed by atoms with van der Waals surface area (Å²) >= 11 is 0. The van der Waals surface area contributed by atoms with Crippen molar-refractivity contribution in [2.24, 2.45) is 11.7 Å². The number of aliphatic hydroxyl groups is 1. The number of hydrogen-bond acceptors (Lipinski definition) is 9. The Kier molecular flexibility index (Phi) is 12.4. The second kappa shape index (κ2) is 16.0. The first kappa shape index (κ1) is 34.9. The van der Waals surface area contributed by atoms with Crippen molar-refractivity contribution in [1.82, 2.24) is 25.8 Å². The van der Waals surface area contributed by atoms with Gasteiger partial charge in [0.2, 0.25) is 23.6 Å². The van der Waals surface area contributed by atoms with Gasteiger partial charge in [0, 0.05) is 25.4 Å². The number of aliphatic hydroxyl groups excluding tert-OH is 1. The highest BCUT2D eigenvalue weighted by Crippen LogP contribution is 2.20. The molecule has 0 saturated carbocycles. The van der Waals surface area contributed by atoms with Crippen LogP contribution in [0.15, 0.2) is 48.8 Å². The minimum atomic E-state index is -1.44. The predicted octanol–water partition coefficient (Wildman–Crippen LogP) is -0.533. The van der Waals surface area contributed by atoms with Crippen LogP contribution in [0, 0.1) is 5.92 Å². The number of phenolic OH excluding ortho intramolecular Hbond substituents is 1. The molecule has 0 bridgehead atoms. The van der Waals surface area contributed by atoms with Gasteiger partial charge in [-0.25, -0.2) is 4.79 Å². The molecular weight excluding hydrogens is 584 g/mol. The largest absolute Gasteiger partial charge is 0.508 e. The highest BCUT2D eigenvalue weighted by molar-refractivity contribution is 5.96. The second-order valence-electron chi connectivity index (χ2n) is 11.6. The molecule has 45 heavy (non-hydrogen) atoms. The van der Waals surface area contributed by atoms with E-state index in [2.05, 4.69) is 20.9 Å². The van der Waals surface area contributed by atoms with E-state index in [-0.39, 0.29) is 31.6 Å². The number of nitrogens with zero attached hydrogens (tertiary/aromatic N) is 2. The van der Waals surface area contributed by atoms with Gasteiger partial charge in [-0.1, -0.05) is 32.0 Å². The van der Waals surface area contributed by atoms with Crippen LogP contribution < -0.4 is 21.7 Å². The normalized spacial score (nSPS) is 17.9. The van der Waals surface area contributed by atoms with E-state index in [4.69, 9.17) is 5.73 Å². The van der Waals surface area contributed by atoms with Crippen molar-refractivity contribution in [2.75, 3.05) is 6.54 Å². The fraction of sp³-hybridized carbons (Fsp3) is 0.484. The number of amides is 4. The number of hydrogen-bond donors (Lipinski definition) is 7. The molecule has 6 atom stereocenters. The summed E-state index contributed by atoms with van der Waals surface area (Å²) in [4.78, 5) is 70.2. The lowest BCUT2D eigenvalue weighted by molar-refractivity contribution is -0.146. The van der Waals surface area contributed by atoms with Crippen LogP contribution in [0.5, 0.6) is 5.75 Å². The minimum Gasteiger partial charge on any atom is -0.508 e. The lowest BCUT2D eigenvalue weighted by Gasteiger charge is -2.32. The molecule has 0 radical (unpaired) electrons. The van der Waals surface area contributed by atoms with Crippen molar-refractivity contribution in [3.8, 4) is 5.75 Å². The molecule has 1 aliphatic heterocycles. The fourth-order valence-electron chi connectivity index (χ4n) is 5.11. The van der Waals surface area contributed by atoms with Crippen molar-refractivity contribution >= 4 is 29.6 Å². The van der Waals surface area contributed by atoms with Gasteiger partial charge in [-0.15, -0.1) is 0 Å². The average Bonchev–Trinajstić information content (AvgIpc) is 3.49. The highest BCUT2D eigenvalue weighted by Gasteiger charge is 2.41. The number of carboxylic acid groups (broad SMARTS) is 1. The van der Waals surface area contributed by atoms with Gasteiger partial charge >= 0.3 is 5.97 Å². The second-order valence-corrected chi connectivity index (χ2v) is 11.6. The topological polar surface area (TPSA) is 224 Å². The number of carbonyl (C=O) groups excluding carboxylic acids is 4. The van der Waals surface area contributed by atoms with Crippen LogP contribution in [-0.2, 0) is 36.8 Å². The van der Waals surface area contributed by atoms with Crippen LogP contribution in [0.25, 0.3) is 0 Å². The van der Waals surface area contributed by atoms with Gasteiger partial charge in [0.1, 0.15) is 29.9 Å². The van der Waals surface area contributed by atoms with Gasteiger partial charge in [-0.05, 0) is 61.4 Å². The van der Waals surface area contributed by atoms with E-state index in [9.17, 15) is 39.3 Å². The van der Waals surface area contributed by atoms with Crippen molar-refractivity contribution in [3.05, 3.63) is 59.9 Å². The zero-order chi connectivity index (χ0) is 33.3. The van der Waals surface area contributed by atoms with Crippen molar-refractivity contribution in [1.29, 1.82) is 0 Å². The highest BCUT2D eigenvalue weighted by atomic mass is 16.4. The van der Waals surface area contributed by atoms with Crippen LogP contribution in [0.1, 0.15) is 44.7 Å². The number of aliphatic carboxylic acids is 1. The molecule has 0 unspecified atom stereocenters. The number of phenols is 1. The molecule has 14 nitrogen and oxygen atoms in total. The summed E-state index contributed by atoms with van der Waals surface area (Å²) in [7, 11) is 0. The van der Waals surface area contributed by atoms with Crippen LogP contribution in [-0.4, -0.2) is 97.7 Å². The third-order valence-electron chi connectivity index (χ3n) is 7.64. The molecule has 1 aromatic heterocycles. The molecule has 1 fully saturated rings. The van der Waals surface area contributed by atoms with Gasteiger partial charge in [0.05, 0.1) is 12.1 Å². The molecule has 244 valence electrons. The summed E-state index contributed by atoms with van der Waals surface area (Å²) in [6.07, 6.45) is 2.66. The van der Waals surface area contributed by atoms with Crippen molar-refractivity contribution in [3.63, 3.8) is 0 Å². The Morgan fingerprint density at radius 2 is 1.62 bits per heavy atom. The number of aromatic hydroxyl groups is 1. The first-order valence-corrected chi connectivity index (χ1v) is 14.8. The molecule has 2 heterocycles. The maximum Gasteiger partial charge on any atom is 0.326 e. The number of pyridine rings is 1. The Hall–Kier alpha value is -4.56. The molecule has 0 aliphatic carbocycles. The number of nitrogens with two attached hydrogens (primary N) is 1. The number of benzene rings is 1. The van der Waals surface area contributed by atoms with E-state index in [0.717, 1.165) is 5.56 Å². The molecule has 8 N–H and O–H groups in total. The molecule has 0 spiro atoms. The molecule has 1 saturated heterocycles. The third kappa shape index (κ3) is 9.71. The van der Waals surface area contributed by atoms with E-state index in [1.54, 1.807) is 50.5 Å². The summed E-state index contributed by atoms with van der Waals surface area (Å²) in [5, 5.41) is 37.4. The van der Waals surface area contributed by atoms with Gasteiger partial charge < -0.3 is 41.9 Å². The average molecular weight is 627 g/mol. The maximum absolute atomic E-state index is 13.6.